The van der Waals surface area contributed by atoms with Crippen LogP contribution in [0.5, 0.6) is 0 Å². The van der Waals surface area contributed by atoms with E-state index in [0.717, 1.165) is 10.0 Å². The van der Waals surface area contributed by atoms with E-state index in [1.54, 1.807) is 42.7 Å². The highest BCUT2D eigenvalue weighted by atomic mass is 79.9. The van der Waals surface area contributed by atoms with Crippen molar-refractivity contribution in [3.8, 4) is 11.3 Å². The number of nitrogens with one attached hydrogen (secondary N) is 1. The highest BCUT2D eigenvalue weighted by molar-refractivity contribution is 9.10. The quantitative estimate of drug-likeness (QED) is 0.700. The molecule has 3 rings (SSSR count). The summed E-state index contributed by atoms with van der Waals surface area (Å²) in [5, 5.41) is 3.32. The van der Waals surface area contributed by atoms with Crippen molar-refractivity contribution in [2.45, 2.75) is 0 Å². The van der Waals surface area contributed by atoms with Gasteiger partial charge in [-0.2, -0.15) is 0 Å². The van der Waals surface area contributed by atoms with Gasteiger partial charge in [0.05, 0.1) is 10.7 Å². The lowest BCUT2D eigenvalue weighted by atomic mass is 10.1. The Morgan fingerprint density at radius 2 is 1.83 bits per heavy atom. The maximum Gasteiger partial charge on any atom is 0.256 e. The Morgan fingerprint density at radius 3 is 2.48 bits per heavy atom. The fraction of sp³-hybridized carbons (Fsp3) is 0. The zero-order chi connectivity index (χ0) is 16.2. The zero-order valence-corrected chi connectivity index (χ0v) is 14.2. The van der Waals surface area contributed by atoms with Gasteiger partial charge in [0.2, 0.25) is 0 Å². The predicted molar refractivity (Wildman–Crippen MR) is 94.6 cm³/mol. The van der Waals surface area contributed by atoms with Crippen LogP contribution in [-0.2, 0) is 0 Å². The molecule has 0 atom stereocenters. The zero-order valence-electron chi connectivity index (χ0n) is 11.8. The molecule has 2 aromatic heterocycles. The fourth-order valence-electron chi connectivity index (χ4n) is 2.02. The van der Waals surface area contributed by atoms with Crippen molar-refractivity contribution < 1.29 is 4.79 Å². The third kappa shape index (κ3) is 3.75. The molecule has 0 aliphatic carbocycles. The average molecular weight is 389 g/mol. The predicted octanol–water partition coefficient (Wildman–Crippen LogP) is 4.81. The molecule has 2 heterocycles. The summed E-state index contributed by atoms with van der Waals surface area (Å²) in [7, 11) is 0. The minimum atomic E-state index is -0.224. The van der Waals surface area contributed by atoms with Crippen LogP contribution < -0.4 is 5.32 Å². The van der Waals surface area contributed by atoms with E-state index in [1.807, 2.05) is 18.2 Å². The Hall–Kier alpha value is -2.24. The van der Waals surface area contributed by atoms with Crippen molar-refractivity contribution in [2.24, 2.45) is 0 Å². The number of amides is 1. The monoisotopic (exact) mass is 387 g/mol. The van der Waals surface area contributed by atoms with Crippen molar-refractivity contribution in [3.05, 3.63) is 76.0 Å². The third-order valence-electron chi connectivity index (χ3n) is 3.15. The van der Waals surface area contributed by atoms with Gasteiger partial charge in [0.25, 0.3) is 5.91 Å². The number of pyridine rings is 2. The molecule has 0 bridgehead atoms. The van der Waals surface area contributed by atoms with Crippen molar-refractivity contribution in [3.63, 3.8) is 0 Å². The number of anilines is 1. The van der Waals surface area contributed by atoms with Gasteiger partial charge in [-0.3, -0.25) is 9.78 Å². The molecule has 1 N–H and O–H groups in total. The van der Waals surface area contributed by atoms with E-state index < -0.39 is 0 Å². The van der Waals surface area contributed by atoms with Crippen molar-refractivity contribution in [2.75, 3.05) is 5.32 Å². The smallest absolute Gasteiger partial charge is 0.256 e. The van der Waals surface area contributed by atoms with Gasteiger partial charge in [0.1, 0.15) is 5.82 Å². The number of nitrogens with zero attached hydrogens (tertiary/aromatic N) is 2. The summed E-state index contributed by atoms with van der Waals surface area (Å²) in [5.41, 5.74) is 2.08. The minimum absolute atomic E-state index is 0.224. The summed E-state index contributed by atoms with van der Waals surface area (Å²) in [4.78, 5) is 20.6. The minimum Gasteiger partial charge on any atom is -0.307 e. The van der Waals surface area contributed by atoms with Crippen LogP contribution in [0.15, 0.2) is 65.4 Å². The highest BCUT2D eigenvalue weighted by Gasteiger charge is 2.09. The van der Waals surface area contributed by atoms with Gasteiger partial charge >= 0.3 is 0 Å². The first-order valence-corrected chi connectivity index (χ1v) is 7.94. The Balaban J connectivity index is 1.78. The number of hydrogen-bond donors (Lipinski definition) is 1. The average Bonchev–Trinajstić information content (AvgIpc) is 2.57. The molecule has 0 saturated heterocycles. The number of rotatable bonds is 3. The molecule has 114 valence electrons. The van der Waals surface area contributed by atoms with E-state index >= 15 is 0 Å². The van der Waals surface area contributed by atoms with E-state index in [9.17, 15) is 4.79 Å². The van der Waals surface area contributed by atoms with E-state index in [0.29, 0.717) is 22.1 Å². The number of carbonyl (C=O) groups excluding carboxylic acids is 1. The maximum absolute atomic E-state index is 12.2. The lowest BCUT2D eigenvalue weighted by molar-refractivity contribution is 0.102. The van der Waals surface area contributed by atoms with Crippen LogP contribution in [0.1, 0.15) is 10.4 Å². The first kappa shape index (κ1) is 15.6. The number of benzene rings is 1. The lowest BCUT2D eigenvalue weighted by Crippen LogP contribution is -2.12. The van der Waals surface area contributed by atoms with Crippen LogP contribution in [0.4, 0.5) is 5.82 Å². The molecule has 0 fully saturated rings. The maximum atomic E-state index is 12.2. The third-order valence-corrected chi connectivity index (χ3v) is 3.92. The van der Waals surface area contributed by atoms with Gasteiger partial charge in [0, 0.05) is 28.0 Å². The largest absolute Gasteiger partial charge is 0.307 e. The van der Waals surface area contributed by atoms with Crippen LogP contribution in [0.25, 0.3) is 11.3 Å². The van der Waals surface area contributed by atoms with Crippen LogP contribution in [0, 0.1) is 0 Å². The van der Waals surface area contributed by atoms with Gasteiger partial charge in [-0.1, -0.05) is 23.7 Å². The van der Waals surface area contributed by atoms with Gasteiger partial charge in [0.15, 0.2) is 0 Å². The fourth-order valence-corrected chi connectivity index (χ4v) is 2.48. The number of halogens is 2. The summed E-state index contributed by atoms with van der Waals surface area (Å²) in [5.74, 6) is 0.272. The Bertz CT molecular complexity index is 835. The van der Waals surface area contributed by atoms with Gasteiger partial charge in [-0.15, -0.1) is 0 Å². The SMILES string of the molecule is O=C(Nc1ccc(Br)cn1)c1ccc(-c2ncccc2Cl)cc1. The molecule has 1 amide bonds. The molecule has 0 unspecified atom stereocenters. The van der Waals surface area contributed by atoms with Gasteiger partial charge < -0.3 is 5.32 Å². The number of hydrogen-bond acceptors (Lipinski definition) is 3. The molecule has 1 aromatic carbocycles. The van der Waals surface area contributed by atoms with E-state index in [2.05, 4.69) is 31.2 Å². The second-order valence-corrected chi connectivity index (χ2v) is 6.05. The molecule has 0 saturated carbocycles. The molecule has 0 aliphatic rings. The molecule has 6 heteroatoms. The Labute approximate surface area is 146 Å². The molecular weight excluding hydrogens is 378 g/mol. The highest BCUT2D eigenvalue weighted by Crippen LogP contribution is 2.25. The Kier molecular flexibility index (Phi) is 4.69. The summed E-state index contributed by atoms with van der Waals surface area (Å²) < 4.78 is 0.854. The van der Waals surface area contributed by atoms with Crippen LogP contribution >= 0.6 is 27.5 Å². The first-order chi connectivity index (χ1) is 11.1. The topological polar surface area (TPSA) is 54.9 Å². The summed E-state index contributed by atoms with van der Waals surface area (Å²) in [6, 6.07) is 14.2. The number of aromatic nitrogens is 2. The standard InChI is InChI=1S/C17H11BrClN3O/c18-13-7-8-15(21-10-13)22-17(23)12-5-3-11(4-6-12)16-14(19)2-1-9-20-16/h1-10H,(H,21,22,23). The first-order valence-electron chi connectivity index (χ1n) is 6.77. The van der Waals surface area contributed by atoms with Crippen molar-refractivity contribution >= 4 is 39.3 Å². The lowest BCUT2D eigenvalue weighted by Gasteiger charge is -2.06. The van der Waals surface area contributed by atoms with Crippen molar-refractivity contribution in [1.29, 1.82) is 0 Å². The van der Waals surface area contributed by atoms with Gasteiger partial charge in [-0.05, 0) is 52.3 Å². The molecular formula is C17H11BrClN3O. The number of carbonyl (C=O) groups is 1. The second kappa shape index (κ2) is 6.89. The second-order valence-electron chi connectivity index (χ2n) is 4.73. The summed E-state index contributed by atoms with van der Waals surface area (Å²) >= 11 is 9.43. The van der Waals surface area contributed by atoms with Crippen LogP contribution in [-0.4, -0.2) is 15.9 Å². The van der Waals surface area contributed by atoms with Crippen LogP contribution in [0.2, 0.25) is 5.02 Å². The van der Waals surface area contributed by atoms with Crippen molar-refractivity contribution in [1.82, 2.24) is 9.97 Å². The normalized spacial score (nSPS) is 10.3. The molecule has 0 aliphatic heterocycles. The van der Waals surface area contributed by atoms with E-state index in [1.165, 1.54) is 0 Å². The van der Waals surface area contributed by atoms with Crippen LogP contribution in [0.3, 0.4) is 0 Å². The Morgan fingerprint density at radius 1 is 1.04 bits per heavy atom. The van der Waals surface area contributed by atoms with Gasteiger partial charge in [-0.25, -0.2) is 4.98 Å². The summed E-state index contributed by atoms with van der Waals surface area (Å²) in [6.45, 7) is 0. The van der Waals surface area contributed by atoms with E-state index in [4.69, 9.17) is 11.6 Å². The molecule has 4 nitrogen and oxygen atoms in total. The molecule has 0 radical (unpaired) electrons. The summed E-state index contributed by atoms with van der Waals surface area (Å²) in [6.07, 6.45) is 3.31. The molecule has 23 heavy (non-hydrogen) atoms. The molecule has 0 spiro atoms. The molecule has 3 aromatic rings. The van der Waals surface area contributed by atoms with E-state index in [-0.39, 0.29) is 5.91 Å².